The predicted octanol–water partition coefficient (Wildman–Crippen LogP) is 0.00400. The average molecular weight is 241 g/mol. The van der Waals surface area contributed by atoms with Crippen molar-refractivity contribution in [2.24, 2.45) is 7.05 Å². The molecule has 96 valence electrons. The second-order valence-electron chi connectivity index (χ2n) is 5.10. The zero-order valence-corrected chi connectivity index (χ0v) is 11.1. The van der Waals surface area contributed by atoms with Crippen LogP contribution in [0.2, 0.25) is 0 Å². The van der Waals surface area contributed by atoms with Crippen molar-refractivity contribution in [3.63, 3.8) is 0 Å². The van der Waals surface area contributed by atoms with Crippen molar-refractivity contribution in [3.8, 4) is 0 Å². The van der Waals surface area contributed by atoms with Crippen LogP contribution in [0.5, 0.6) is 0 Å². The molecule has 0 fully saturated rings. The molecule has 1 heterocycles. The van der Waals surface area contributed by atoms with Gasteiger partial charge in [-0.2, -0.15) is 4.98 Å². The third kappa shape index (κ3) is 2.86. The van der Waals surface area contributed by atoms with E-state index in [0.29, 0.717) is 5.95 Å². The fourth-order valence-corrected chi connectivity index (χ4v) is 1.41. The Morgan fingerprint density at radius 2 is 1.88 bits per heavy atom. The Kier molecular flexibility index (Phi) is 3.30. The Labute approximate surface area is 100 Å². The van der Waals surface area contributed by atoms with Crippen LogP contribution in [-0.4, -0.2) is 40.0 Å². The second kappa shape index (κ2) is 4.23. The molecule has 1 amide bonds. The lowest BCUT2D eigenvalue weighted by molar-refractivity contribution is 0.226. The highest BCUT2D eigenvalue weighted by Gasteiger charge is 2.21. The van der Waals surface area contributed by atoms with E-state index < -0.39 is 17.3 Å². The minimum absolute atomic E-state index is 0.404. The summed E-state index contributed by atoms with van der Waals surface area (Å²) in [4.78, 5) is 29.0. The van der Waals surface area contributed by atoms with E-state index in [1.807, 2.05) is 20.8 Å². The van der Waals surface area contributed by atoms with Crippen molar-refractivity contribution in [2.75, 3.05) is 19.0 Å². The fourth-order valence-electron chi connectivity index (χ4n) is 1.41. The monoisotopic (exact) mass is 241 g/mol. The molecular formula is C10H19N5O2. The van der Waals surface area contributed by atoms with E-state index in [9.17, 15) is 9.59 Å². The maximum absolute atomic E-state index is 11.9. The molecule has 1 rings (SSSR count). The summed E-state index contributed by atoms with van der Waals surface area (Å²) in [5.74, 6) is 0.430. The van der Waals surface area contributed by atoms with Gasteiger partial charge in [-0.1, -0.05) is 0 Å². The molecule has 0 saturated heterocycles. The lowest BCUT2D eigenvalue weighted by Crippen LogP contribution is -2.47. The Hall–Kier alpha value is -1.79. The minimum Gasteiger partial charge on any atom is -0.347 e. The van der Waals surface area contributed by atoms with Crippen LogP contribution in [0, 0.1) is 0 Å². The van der Waals surface area contributed by atoms with Crippen molar-refractivity contribution in [1.29, 1.82) is 0 Å². The highest BCUT2D eigenvalue weighted by Crippen LogP contribution is 2.04. The van der Waals surface area contributed by atoms with Crippen molar-refractivity contribution >= 4 is 12.0 Å². The van der Waals surface area contributed by atoms with Gasteiger partial charge in [0.1, 0.15) is 0 Å². The van der Waals surface area contributed by atoms with Crippen molar-refractivity contribution in [3.05, 3.63) is 10.5 Å². The summed E-state index contributed by atoms with van der Waals surface area (Å²) in [6, 6.07) is -0.481. The molecule has 0 spiro atoms. The number of carbonyl (C=O) groups excluding carboxylic acids is 1. The number of amides is 1. The van der Waals surface area contributed by atoms with Crippen LogP contribution < -0.4 is 15.9 Å². The molecule has 0 bridgehead atoms. The molecule has 0 aliphatic rings. The molecule has 7 heteroatoms. The van der Waals surface area contributed by atoms with Crippen LogP contribution in [0.1, 0.15) is 20.8 Å². The molecule has 1 aromatic rings. The quantitative estimate of drug-likeness (QED) is 0.751. The van der Waals surface area contributed by atoms with E-state index in [0.717, 1.165) is 4.68 Å². The summed E-state index contributed by atoms with van der Waals surface area (Å²) >= 11 is 0. The minimum atomic E-state index is -0.585. The molecule has 0 aliphatic heterocycles. The van der Waals surface area contributed by atoms with Crippen molar-refractivity contribution in [2.45, 2.75) is 26.3 Å². The van der Waals surface area contributed by atoms with E-state index in [2.05, 4.69) is 10.3 Å². The normalized spacial score (nSPS) is 11.4. The predicted molar refractivity (Wildman–Crippen MR) is 65.5 cm³/mol. The van der Waals surface area contributed by atoms with Crippen LogP contribution in [0.3, 0.4) is 0 Å². The maximum Gasteiger partial charge on any atom is 0.374 e. The number of anilines is 1. The summed E-state index contributed by atoms with van der Waals surface area (Å²) in [5.41, 5.74) is -0.989. The van der Waals surface area contributed by atoms with Gasteiger partial charge in [-0.15, -0.1) is 4.68 Å². The highest BCUT2D eigenvalue weighted by atomic mass is 16.2. The molecule has 0 aliphatic carbocycles. The summed E-state index contributed by atoms with van der Waals surface area (Å²) in [6.45, 7) is 5.54. The van der Waals surface area contributed by atoms with Gasteiger partial charge in [0.25, 0.3) is 0 Å². The number of nitrogens with zero attached hydrogens (tertiary/aromatic N) is 4. The number of hydrogen-bond acceptors (Lipinski definition) is 4. The first-order valence-electron chi connectivity index (χ1n) is 5.29. The molecule has 0 unspecified atom stereocenters. The number of nitrogens with one attached hydrogen (secondary N) is 1. The molecule has 0 aromatic carbocycles. The standard InChI is InChI=1S/C10H19N5O2/c1-10(2,3)12-9(17)15-8(16)11-7(13(4)5)14(15)6/h1-6H3,(H,12,17). The van der Waals surface area contributed by atoms with Gasteiger partial charge < -0.3 is 10.2 Å². The third-order valence-corrected chi connectivity index (χ3v) is 2.04. The van der Waals surface area contributed by atoms with E-state index >= 15 is 0 Å². The highest BCUT2D eigenvalue weighted by molar-refractivity contribution is 5.76. The van der Waals surface area contributed by atoms with Crippen LogP contribution >= 0.6 is 0 Å². The van der Waals surface area contributed by atoms with Gasteiger partial charge in [0.15, 0.2) is 0 Å². The first-order valence-corrected chi connectivity index (χ1v) is 5.29. The van der Waals surface area contributed by atoms with Gasteiger partial charge in [-0.3, -0.25) is 0 Å². The van der Waals surface area contributed by atoms with E-state index in [4.69, 9.17) is 0 Å². The molecular weight excluding hydrogens is 222 g/mol. The Morgan fingerprint density at radius 3 is 2.24 bits per heavy atom. The van der Waals surface area contributed by atoms with E-state index in [-0.39, 0.29) is 0 Å². The van der Waals surface area contributed by atoms with Crippen LogP contribution in [0.4, 0.5) is 10.7 Å². The third-order valence-electron chi connectivity index (χ3n) is 2.04. The SMILES string of the molecule is CN(C)c1nc(=O)n(C(=O)NC(C)(C)C)n1C. The lowest BCUT2D eigenvalue weighted by atomic mass is 10.1. The average Bonchev–Trinajstić information content (AvgIpc) is 2.38. The molecule has 1 N–H and O–H groups in total. The lowest BCUT2D eigenvalue weighted by Gasteiger charge is -2.21. The first kappa shape index (κ1) is 13.3. The van der Waals surface area contributed by atoms with Crippen molar-refractivity contribution < 1.29 is 4.79 Å². The zero-order chi connectivity index (χ0) is 13.4. The zero-order valence-electron chi connectivity index (χ0n) is 11.1. The fraction of sp³-hybridized carbons (Fsp3) is 0.700. The molecule has 17 heavy (non-hydrogen) atoms. The van der Waals surface area contributed by atoms with Gasteiger partial charge in [-0.05, 0) is 20.8 Å². The number of rotatable bonds is 1. The van der Waals surface area contributed by atoms with Crippen LogP contribution in [-0.2, 0) is 7.05 Å². The molecule has 0 radical (unpaired) electrons. The molecule has 1 aromatic heterocycles. The van der Waals surface area contributed by atoms with Crippen LogP contribution in [0.25, 0.3) is 0 Å². The summed E-state index contributed by atoms with van der Waals surface area (Å²) in [6.07, 6.45) is 0. The largest absolute Gasteiger partial charge is 0.374 e. The first-order chi connectivity index (χ1) is 7.63. The van der Waals surface area contributed by atoms with E-state index in [1.54, 1.807) is 26.0 Å². The second-order valence-corrected chi connectivity index (χ2v) is 5.10. The van der Waals surface area contributed by atoms with Gasteiger partial charge in [-0.25, -0.2) is 14.3 Å². The van der Waals surface area contributed by atoms with Gasteiger partial charge in [0.2, 0.25) is 5.95 Å². The van der Waals surface area contributed by atoms with Crippen LogP contribution in [0.15, 0.2) is 4.79 Å². The molecule has 7 nitrogen and oxygen atoms in total. The molecule has 0 saturated carbocycles. The summed E-state index contributed by atoms with van der Waals surface area (Å²) in [7, 11) is 5.13. The molecule has 0 atom stereocenters. The van der Waals surface area contributed by atoms with Gasteiger partial charge >= 0.3 is 11.7 Å². The Balaban J connectivity index is 3.16. The Morgan fingerprint density at radius 1 is 1.35 bits per heavy atom. The number of carbonyl (C=O) groups is 1. The van der Waals surface area contributed by atoms with Gasteiger partial charge in [0.05, 0.1) is 0 Å². The summed E-state index contributed by atoms with van der Waals surface area (Å²) in [5, 5.41) is 2.71. The van der Waals surface area contributed by atoms with Crippen molar-refractivity contribution in [1.82, 2.24) is 19.7 Å². The smallest absolute Gasteiger partial charge is 0.347 e. The van der Waals surface area contributed by atoms with Gasteiger partial charge in [0, 0.05) is 26.7 Å². The Bertz CT molecular complexity index is 478. The maximum atomic E-state index is 11.9. The number of hydrogen-bond donors (Lipinski definition) is 1. The number of aromatic nitrogens is 3. The topological polar surface area (TPSA) is 72.2 Å². The van der Waals surface area contributed by atoms with E-state index in [1.165, 1.54) is 4.68 Å². The summed E-state index contributed by atoms with van der Waals surface area (Å²) < 4.78 is 2.39.